The zero-order valence-electron chi connectivity index (χ0n) is 13.6. The van der Waals surface area contributed by atoms with Gasteiger partial charge in [-0.05, 0) is 43.9 Å². The van der Waals surface area contributed by atoms with Crippen molar-refractivity contribution in [3.8, 4) is 0 Å². The minimum Gasteiger partial charge on any atom is -0.285 e. The Morgan fingerprint density at radius 3 is 2.55 bits per heavy atom. The third-order valence-electron chi connectivity index (χ3n) is 3.72. The Bertz CT molecular complexity index is 620. The largest absolute Gasteiger partial charge is 0.285 e. The number of benzene rings is 1. The monoisotopic (exact) mass is 296 g/mol. The van der Waals surface area contributed by atoms with Crippen LogP contribution in [0.5, 0.6) is 0 Å². The molecule has 1 aliphatic carbocycles. The molecule has 4 nitrogen and oxygen atoms in total. The predicted octanol–water partition coefficient (Wildman–Crippen LogP) is 4.15. The highest BCUT2D eigenvalue weighted by molar-refractivity contribution is 5.51. The van der Waals surface area contributed by atoms with E-state index in [9.17, 15) is 0 Å². The van der Waals surface area contributed by atoms with E-state index in [4.69, 9.17) is 4.98 Å². The third-order valence-corrected chi connectivity index (χ3v) is 3.72. The van der Waals surface area contributed by atoms with Gasteiger partial charge in [0.05, 0.1) is 5.69 Å². The molecule has 0 radical (unpaired) electrons. The van der Waals surface area contributed by atoms with Crippen molar-refractivity contribution < 1.29 is 0 Å². The molecule has 2 aromatic rings. The molecule has 0 unspecified atom stereocenters. The maximum absolute atomic E-state index is 4.70. The summed E-state index contributed by atoms with van der Waals surface area (Å²) in [6.07, 6.45) is 2.51. The van der Waals surface area contributed by atoms with Gasteiger partial charge in [0, 0.05) is 23.9 Å². The van der Waals surface area contributed by atoms with E-state index >= 15 is 0 Å². The lowest BCUT2D eigenvalue weighted by molar-refractivity contribution is 0.633. The molecule has 0 amide bonds. The van der Waals surface area contributed by atoms with Gasteiger partial charge in [0.25, 0.3) is 0 Å². The van der Waals surface area contributed by atoms with Gasteiger partial charge in [-0.25, -0.2) is 9.97 Å². The first-order chi connectivity index (χ1) is 10.6. The number of hydrazine groups is 1. The van der Waals surface area contributed by atoms with E-state index in [2.05, 4.69) is 59.6 Å². The SMILES string of the molecule is Cc1cc(C2CC2)nc(NN(CC(C)C)c2ccccc2)n1. The summed E-state index contributed by atoms with van der Waals surface area (Å²) in [6, 6.07) is 12.5. The molecule has 0 saturated heterocycles. The summed E-state index contributed by atoms with van der Waals surface area (Å²) in [5.74, 6) is 1.88. The van der Waals surface area contributed by atoms with Crippen LogP contribution in [0.1, 0.15) is 44.0 Å². The molecule has 116 valence electrons. The number of aryl methyl sites for hydroxylation is 1. The van der Waals surface area contributed by atoms with E-state index in [1.54, 1.807) is 0 Å². The summed E-state index contributed by atoms with van der Waals surface area (Å²) in [7, 11) is 0. The average Bonchev–Trinajstić information content (AvgIpc) is 3.31. The van der Waals surface area contributed by atoms with Crippen LogP contribution in [0.15, 0.2) is 36.4 Å². The first kappa shape index (κ1) is 14.8. The summed E-state index contributed by atoms with van der Waals surface area (Å²) in [4.78, 5) is 9.26. The first-order valence-electron chi connectivity index (χ1n) is 8.06. The summed E-state index contributed by atoms with van der Waals surface area (Å²) in [6.45, 7) is 7.36. The zero-order valence-corrected chi connectivity index (χ0v) is 13.6. The molecule has 1 aromatic heterocycles. The standard InChI is InChI=1S/C18H24N4/c1-13(2)12-22(16-7-5-4-6-8-16)21-18-19-14(3)11-17(20-18)15-9-10-15/h4-8,11,13,15H,9-10,12H2,1-3H3,(H,19,20,21). The molecule has 1 N–H and O–H groups in total. The molecule has 1 aliphatic rings. The van der Waals surface area contributed by atoms with Crippen molar-refractivity contribution in [2.24, 2.45) is 5.92 Å². The molecular weight excluding hydrogens is 272 g/mol. The molecule has 0 atom stereocenters. The Morgan fingerprint density at radius 1 is 1.18 bits per heavy atom. The number of aromatic nitrogens is 2. The van der Waals surface area contributed by atoms with Crippen LogP contribution in [0.25, 0.3) is 0 Å². The van der Waals surface area contributed by atoms with Crippen molar-refractivity contribution >= 4 is 11.6 Å². The van der Waals surface area contributed by atoms with E-state index in [0.717, 1.165) is 17.9 Å². The lowest BCUT2D eigenvalue weighted by Gasteiger charge is -2.27. The normalized spacial score (nSPS) is 14.2. The van der Waals surface area contributed by atoms with E-state index in [1.165, 1.54) is 18.5 Å². The van der Waals surface area contributed by atoms with Crippen molar-refractivity contribution in [3.63, 3.8) is 0 Å². The smallest absolute Gasteiger partial charge is 0.242 e. The number of anilines is 2. The fraction of sp³-hybridized carbons (Fsp3) is 0.444. The van der Waals surface area contributed by atoms with Crippen LogP contribution in [-0.4, -0.2) is 16.5 Å². The van der Waals surface area contributed by atoms with Gasteiger partial charge in [-0.3, -0.25) is 10.4 Å². The number of hydrogen-bond donors (Lipinski definition) is 1. The Labute approximate surface area is 132 Å². The molecule has 0 spiro atoms. The molecule has 1 saturated carbocycles. The van der Waals surface area contributed by atoms with Crippen LogP contribution < -0.4 is 10.4 Å². The molecule has 22 heavy (non-hydrogen) atoms. The van der Waals surface area contributed by atoms with Crippen molar-refractivity contribution in [1.29, 1.82) is 0 Å². The Kier molecular flexibility index (Phi) is 4.27. The Hall–Kier alpha value is -2.10. The minimum atomic E-state index is 0.542. The number of para-hydroxylation sites is 1. The van der Waals surface area contributed by atoms with Gasteiger partial charge in [-0.15, -0.1) is 0 Å². The quantitative estimate of drug-likeness (QED) is 0.813. The highest BCUT2D eigenvalue weighted by atomic mass is 15.5. The lowest BCUT2D eigenvalue weighted by Crippen LogP contribution is -2.34. The Balaban J connectivity index is 1.83. The van der Waals surface area contributed by atoms with Crippen LogP contribution >= 0.6 is 0 Å². The summed E-state index contributed by atoms with van der Waals surface area (Å²) in [5, 5.41) is 2.14. The summed E-state index contributed by atoms with van der Waals surface area (Å²) < 4.78 is 0. The molecule has 1 heterocycles. The van der Waals surface area contributed by atoms with Gasteiger partial charge in [0.15, 0.2) is 0 Å². The number of rotatable bonds is 6. The maximum atomic E-state index is 4.70. The fourth-order valence-corrected chi connectivity index (χ4v) is 2.54. The average molecular weight is 296 g/mol. The fourth-order valence-electron chi connectivity index (χ4n) is 2.54. The summed E-state index contributed by atoms with van der Waals surface area (Å²) >= 11 is 0. The third kappa shape index (κ3) is 3.75. The van der Waals surface area contributed by atoms with E-state index in [0.29, 0.717) is 17.8 Å². The van der Waals surface area contributed by atoms with Crippen LogP contribution in [0.4, 0.5) is 11.6 Å². The molecular formula is C18H24N4. The molecule has 1 aromatic carbocycles. The van der Waals surface area contributed by atoms with Crippen molar-refractivity contribution in [1.82, 2.24) is 9.97 Å². The van der Waals surface area contributed by atoms with Crippen molar-refractivity contribution in [2.45, 2.75) is 39.5 Å². The second-order valence-corrected chi connectivity index (χ2v) is 6.48. The highest BCUT2D eigenvalue weighted by Gasteiger charge is 2.26. The van der Waals surface area contributed by atoms with Crippen molar-refractivity contribution in [2.75, 3.05) is 17.0 Å². The molecule has 0 aliphatic heterocycles. The van der Waals surface area contributed by atoms with Gasteiger partial charge < -0.3 is 0 Å². The minimum absolute atomic E-state index is 0.542. The predicted molar refractivity (Wildman–Crippen MR) is 91.0 cm³/mol. The van der Waals surface area contributed by atoms with Crippen LogP contribution in [0.3, 0.4) is 0 Å². The van der Waals surface area contributed by atoms with Crippen LogP contribution in [0.2, 0.25) is 0 Å². The number of nitrogens with one attached hydrogen (secondary N) is 1. The van der Waals surface area contributed by atoms with E-state index in [-0.39, 0.29) is 0 Å². The number of nitrogens with zero attached hydrogens (tertiary/aromatic N) is 3. The van der Waals surface area contributed by atoms with Gasteiger partial charge in [-0.2, -0.15) is 0 Å². The maximum Gasteiger partial charge on any atom is 0.242 e. The molecule has 4 heteroatoms. The molecule has 3 rings (SSSR count). The van der Waals surface area contributed by atoms with E-state index < -0.39 is 0 Å². The van der Waals surface area contributed by atoms with Crippen LogP contribution in [0, 0.1) is 12.8 Å². The Morgan fingerprint density at radius 2 is 1.91 bits per heavy atom. The van der Waals surface area contributed by atoms with E-state index in [1.807, 2.05) is 13.0 Å². The second kappa shape index (κ2) is 6.34. The molecule has 1 fully saturated rings. The second-order valence-electron chi connectivity index (χ2n) is 6.48. The number of hydrogen-bond acceptors (Lipinski definition) is 4. The highest BCUT2D eigenvalue weighted by Crippen LogP contribution is 2.39. The van der Waals surface area contributed by atoms with Gasteiger partial charge >= 0.3 is 0 Å². The molecule has 0 bridgehead atoms. The lowest BCUT2D eigenvalue weighted by atomic mass is 10.2. The first-order valence-corrected chi connectivity index (χ1v) is 8.06. The van der Waals surface area contributed by atoms with Gasteiger partial charge in [-0.1, -0.05) is 32.0 Å². The summed E-state index contributed by atoms with van der Waals surface area (Å²) in [5.41, 5.74) is 6.73. The zero-order chi connectivity index (χ0) is 15.5. The van der Waals surface area contributed by atoms with Gasteiger partial charge in [0.2, 0.25) is 5.95 Å². The van der Waals surface area contributed by atoms with Crippen LogP contribution in [-0.2, 0) is 0 Å². The van der Waals surface area contributed by atoms with Gasteiger partial charge in [0.1, 0.15) is 0 Å². The topological polar surface area (TPSA) is 41.1 Å². The van der Waals surface area contributed by atoms with Crippen molar-refractivity contribution in [3.05, 3.63) is 47.8 Å².